The van der Waals surface area contributed by atoms with Gasteiger partial charge in [0.15, 0.2) is 0 Å². The minimum Gasteiger partial charge on any atom is -0.412 e. The summed E-state index contributed by atoms with van der Waals surface area (Å²) in [6, 6.07) is 21.5. The van der Waals surface area contributed by atoms with Crippen LogP contribution < -0.4 is 0 Å². The predicted octanol–water partition coefficient (Wildman–Crippen LogP) is 6.79. The summed E-state index contributed by atoms with van der Waals surface area (Å²) in [5, 5.41) is 0. The highest BCUT2D eigenvalue weighted by molar-refractivity contribution is 5.15. The van der Waals surface area contributed by atoms with E-state index in [1.165, 1.54) is 75.3 Å². The van der Waals surface area contributed by atoms with Gasteiger partial charge in [0.2, 0.25) is 0 Å². The van der Waals surface area contributed by atoms with E-state index in [1.54, 1.807) is 0 Å². The van der Waals surface area contributed by atoms with Crippen LogP contribution in [-0.4, -0.2) is 5.48 Å². The second-order valence-corrected chi connectivity index (χ2v) is 6.59. The monoisotopic (exact) mass is 342 g/mol. The lowest BCUT2D eigenvalue weighted by atomic mass is 10.1. The lowest BCUT2D eigenvalue weighted by Crippen LogP contribution is -1.84. The molecule has 2 aromatic carbocycles. The van der Waals surface area contributed by atoms with Gasteiger partial charge in [-0.1, -0.05) is 113 Å². The minimum atomic E-state index is 0. The normalized spacial score (nSPS) is 9.68. The Bertz CT molecular complexity index is 430. The average molecular weight is 343 g/mol. The lowest BCUT2D eigenvalue weighted by molar-refractivity contribution is 0.667. The molecule has 0 aliphatic heterocycles. The predicted molar refractivity (Wildman–Crippen MR) is 112 cm³/mol. The molecule has 0 aliphatic carbocycles. The highest BCUT2D eigenvalue weighted by atomic mass is 16.0. The zero-order valence-electron chi connectivity index (χ0n) is 16.3. The number of benzene rings is 2. The maximum atomic E-state index is 2.25. The lowest BCUT2D eigenvalue weighted by Gasteiger charge is -1.99. The van der Waals surface area contributed by atoms with Crippen molar-refractivity contribution < 1.29 is 5.48 Å². The molecular weight excluding hydrogens is 304 g/mol. The summed E-state index contributed by atoms with van der Waals surface area (Å²) in [4.78, 5) is 0. The third-order valence-corrected chi connectivity index (χ3v) is 4.32. The molecule has 2 rings (SSSR count). The molecule has 0 bridgehead atoms. The second-order valence-electron chi connectivity index (χ2n) is 6.59. The molecule has 0 saturated carbocycles. The number of unbranched alkanes of at least 4 members (excludes halogenated alkanes) is 6. The molecule has 0 spiro atoms. The Morgan fingerprint density at radius 2 is 0.840 bits per heavy atom. The Labute approximate surface area is 155 Å². The van der Waals surface area contributed by atoms with Gasteiger partial charge in [0.1, 0.15) is 0 Å². The molecule has 25 heavy (non-hydrogen) atoms. The van der Waals surface area contributed by atoms with E-state index in [2.05, 4.69) is 74.5 Å². The molecule has 0 fully saturated rings. The third kappa shape index (κ3) is 13.4. The molecule has 1 nitrogen and oxygen atoms in total. The average Bonchev–Trinajstić information content (AvgIpc) is 2.65. The van der Waals surface area contributed by atoms with Crippen LogP contribution in [0.4, 0.5) is 0 Å². The van der Waals surface area contributed by atoms with Crippen LogP contribution in [0.2, 0.25) is 0 Å². The Kier molecular flexibility index (Phi) is 16.1. The van der Waals surface area contributed by atoms with E-state index >= 15 is 0 Å². The standard InChI is InChI=1S/2C12H18.H2O/c2*1-2-3-4-6-9-12-10-7-5-8-11-12;/h2*5,7-8,10-11H,2-4,6,9H2,1H3;1H2. The zero-order chi connectivity index (χ0) is 17.3. The Hall–Kier alpha value is -1.60. The summed E-state index contributed by atoms with van der Waals surface area (Å²) in [5.41, 5.74) is 2.96. The fourth-order valence-corrected chi connectivity index (χ4v) is 2.80. The van der Waals surface area contributed by atoms with Gasteiger partial charge in [0, 0.05) is 0 Å². The Balaban J connectivity index is 0.000000443. The molecule has 0 radical (unpaired) electrons. The van der Waals surface area contributed by atoms with E-state index in [-0.39, 0.29) is 5.48 Å². The van der Waals surface area contributed by atoms with E-state index in [4.69, 9.17) is 0 Å². The molecular formula is C24H38O. The van der Waals surface area contributed by atoms with Gasteiger partial charge >= 0.3 is 0 Å². The largest absolute Gasteiger partial charge is 0.412 e. The van der Waals surface area contributed by atoms with Gasteiger partial charge in [-0.05, 0) is 36.8 Å². The molecule has 0 amide bonds. The first-order chi connectivity index (χ1) is 11.9. The minimum absolute atomic E-state index is 0. The highest BCUT2D eigenvalue weighted by Crippen LogP contribution is 2.07. The van der Waals surface area contributed by atoms with E-state index in [1.807, 2.05) is 0 Å². The zero-order valence-corrected chi connectivity index (χ0v) is 16.3. The summed E-state index contributed by atoms with van der Waals surface area (Å²) < 4.78 is 0. The van der Waals surface area contributed by atoms with Crippen molar-refractivity contribution >= 4 is 0 Å². The summed E-state index contributed by atoms with van der Waals surface area (Å²) in [6.07, 6.45) is 13.4. The summed E-state index contributed by atoms with van der Waals surface area (Å²) >= 11 is 0. The maximum Gasteiger partial charge on any atom is -0.0279 e. The van der Waals surface area contributed by atoms with Gasteiger partial charge < -0.3 is 5.48 Å². The first-order valence-corrected chi connectivity index (χ1v) is 9.94. The molecule has 0 heterocycles. The van der Waals surface area contributed by atoms with Crippen LogP contribution >= 0.6 is 0 Å². The van der Waals surface area contributed by atoms with Crippen molar-refractivity contribution in [1.29, 1.82) is 0 Å². The maximum absolute atomic E-state index is 2.25. The van der Waals surface area contributed by atoms with Gasteiger partial charge in [0.05, 0.1) is 0 Å². The molecule has 2 aromatic rings. The Morgan fingerprint density at radius 3 is 1.16 bits per heavy atom. The third-order valence-electron chi connectivity index (χ3n) is 4.32. The van der Waals surface area contributed by atoms with E-state index in [0.717, 1.165) is 0 Å². The number of aryl methyl sites for hydroxylation is 2. The van der Waals surface area contributed by atoms with Gasteiger partial charge in [-0.2, -0.15) is 0 Å². The fraction of sp³-hybridized carbons (Fsp3) is 0.500. The van der Waals surface area contributed by atoms with Gasteiger partial charge in [0.25, 0.3) is 0 Å². The van der Waals surface area contributed by atoms with Crippen LogP contribution in [0.1, 0.15) is 76.3 Å². The van der Waals surface area contributed by atoms with Crippen molar-refractivity contribution in [2.45, 2.75) is 78.1 Å². The van der Waals surface area contributed by atoms with Crippen molar-refractivity contribution in [2.24, 2.45) is 0 Å². The van der Waals surface area contributed by atoms with Crippen molar-refractivity contribution in [3.63, 3.8) is 0 Å². The first-order valence-electron chi connectivity index (χ1n) is 9.94. The van der Waals surface area contributed by atoms with Crippen LogP contribution in [0.15, 0.2) is 60.7 Å². The van der Waals surface area contributed by atoms with Crippen molar-refractivity contribution in [2.75, 3.05) is 0 Å². The second kappa shape index (κ2) is 17.2. The first kappa shape index (κ1) is 23.4. The van der Waals surface area contributed by atoms with Crippen molar-refractivity contribution in [1.82, 2.24) is 0 Å². The topological polar surface area (TPSA) is 31.5 Å². The summed E-state index contributed by atoms with van der Waals surface area (Å²) in [7, 11) is 0. The molecule has 2 N–H and O–H groups in total. The van der Waals surface area contributed by atoms with E-state index < -0.39 is 0 Å². The van der Waals surface area contributed by atoms with Crippen LogP contribution in [0.25, 0.3) is 0 Å². The van der Waals surface area contributed by atoms with Gasteiger partial charge in [-0.15, -0.1) is 0 Å². The van der Waals surface area contributed by atoms with Crippen molar-refractivity contribution in [3.05, 3.63) is 71.8 Å². The summed E-state index contributed by atoms with van der Waals surface area (Å²) in [5.74, 6) is 0. The van der Waals surface area contributed by atoms with Crippen LogP contribution in [0.3, 0.4) is 0 Å². The van der Waals surface area contributed by atoms with Crippen molar-refractivity contribution in [3.8, 4) is 0 Å². The number of rotatable bonds is 10. The summed E-state index contributed by atoms with van der Waals surface area (Å²) in [6.45, 7) is 4.50. The molecule has 1 heteroatoms. The van der Waals surface area contributed by atoms with Crippen LogP contribution in [0.5, 0.6) is 0 Å². The van der Waals surface area contributed by atoms with Gasteiger partial charge in [-0.25, -0.2) is 0 Å². The number of hydrogen-bond acceptors (Lipinski definition) is 0. The van der Waals surface area contributed by atoms with Crippen LogP contribution in [-0.2, 0) is 12.8 Å². The Morgan fingerprint density at radius 1 is 0.480 bits per heavy atom. The van der Waals surface area contributed by atoms with E-state index in [0.29, 0.717) is 0 Å². The number of hydrogen-bond donors (Lipinski definition) is 0. The van der Waals surface area contributed by atoms with E-state index in [9.17, 15) is 0 Å². The van der Waals surface area contributed by atoms with Crippen LogP contribution in [0, 0.1) is 0 Å². The molecule has 0 atom stereocenters. The smallest absolute Gasteiger partial charge is 0.0279 e. The highest BCUT2D eigenvalue weighted by Gasteiger charge is 1.91. The molecule has 0 saturated heterocycles. The molecule has 0 aliphatic rings. The van der Waals surface area contributed by atoms with Gasteiger partial charge in [-0.3, -0.25) is 0 Å². The SMILES string of the molecule is CCCCCCc1ccccc1.CCCCCCc1ccccc1.O. The quantitative estimate of drug-likeness (QED) is 0.425. The fourth-order valence-electron chi connectivity index (χ4n) is 2.80. The molecule has 0 aromatic heterocycles. The molecule has 140 valence electrons. The molecule has 0 unspecified atom stereocenters.